The van der Waals surface area contributed by atoms with Gasteiger partial charge in [0.2, 0.25) is 12.3 Å². The molecule has 5 nitrogen and oxygen atoms in total. The van der Waals surface area contributed by atoms with E-state index in [0.29, 0.717) is 5.02 Å². The van der Waals surface area contributed by atoms with Gasteiger partial charge in [-0.1, -0.05) is 41.9 Å². The highest BCUT2D eigenvalue weighted by Gasteiger charge is 2.47. The highest BCUT2D eigenvalue weighted by molar-refractivity contribution is 6.30. The van der Waals surface area contributed by atoms with Crippen LogP contribution in [0.15, 0.2) is 78.9 Å². The van der Waals surface area contributed by atoms with Crippen LogP contribution in [-0.2, 0) is 4.79 Å². The van der Waals surface area contributed by atoms with Gasteiger partial charge in [0.25, 0.3) is 5.91 Å². The third-order valence-corrected chi connectivity index (χ3v) is 5.08. The zero-order chi connectivity index (χ0) is 21.1. The summed E-state index contributed by atoms with van der Waals surface area (Å²) in [5, 5.41) is 3.35. The van der Waals surface area contributed by atoms with Gasteiger partial charge >= 0.3 is 5.91 Å². The predicted octanol–water partition coefficient (Wildman–Crippen LogP) is 3.50. The summed E-state index contributed by atoms with van der Waals surface area (Å²) in [7, 11) is 0. The summed E-state index contributed by atoms with van der Waals surface area (Å²) in [6.45, 7) is 0. The van der Waals surface area contributed by atoms with Crippen LogP contribution in [0.4, 0.5) is 4.39 Å². The van der Waals surface area contributed by atoms with E-state index in [2.05, 4.69) is 10.7 Å². The van der Waals surface area contributed by atoms with Gasteiger partial charge in [0.05, 0.1) is 0 Å². The number of nitrogens with zero attached hydrogens (tertiary/aromatic N) is 1. The zero-order valence-electron chi connectivity index (χ0n) is 15.8. The number of halogens is 2. The molecule has 2 atom stereocenters. The molecule has 4 rings (SSSR count). The summed E-state index contributed by atoms with van der Waals surface area (Å²) in [6, 6.07) is 20.4. The topological polar surface area (TPSA) is 61.2 Å². The van der Waals surface area contributed by atoms with E-state index in [4.69, 9.17) is 11.6 Å². The van der Waals surface area contributed by atoms with Crippen LogP contribution in [0.3, 0.4) is 0 Å². The number of hydrazone groups is 1. The normalized spacial score (nSPS) is 19.5. The molecule has 0 unspecified atom stereocenters. The van der Waals surface area contributed by atoms with Gasteiger partial charge in [0.1, 0.15) is 5.82 Å². The predicted molar refractivity (Wildman–Crippen MR) is 112 cm³/mol. The van der Waals surface area contributed by atoms with E-state index in [9.17, 15) is 14.0 Å². The standard InChI is InChI=1S/C23H17ClFN3O2/c24-18-10-6-16(7-11-18)21-20(26-22(29)17-8-12-19(25)13-9-17)23(30)27-28(21)14-15-4-2-1-3-5-15/h1-14,20-21H,(H-,26,27,29,30)/p+1/b28-14-/t20-,21-/m1/s1. The van der Waals surface area contributed by atoms with Crippen molar-refractivity contribution in [2.75, 3.05) is 0 Å². The third kappa shape index (κ3) is 4.23. The average Bonchev–Trinajstić information content (AvgIpc) is 3.04. The van der Waals surface area contributed by atoms with Crippen LogP contribution in [0.2, 0.25) is 5.02 Å². The molecule has 3 aromatic rings. The maximum atomic E-state index is 13.2. The second-order valence-electron chi connectivity index (χ2n) is 6.88. The number of hydrogen-bond donors (Lipinski definition) is 2. The number of benzene rings is 3. The van der Waals surface area contributed by atoms with Crippen molar-refractivity contribution >= 4 is 29.6 Å². The van der Waals surface area contributed by atoms with Crippen LogP contribution in [0.5, 0.6) is 0 Å². The van der Waals surface area contributed by atoms with Crippen molar-refractivity contribution in [1.29, 1.82) is 0 Å². The zero-order valence-corrected chi connectivity index (χ0v) is 16.5. The smallest absolute Gasteiger partial charge is 0.304 e. The lowest BCUT2D eigenvalue weighted by Gasteiger charge is -2.15. The number of hydrazine groups is 1. The van der Waals surface area contributed by atoms with E-state index >= 15 is 0 Å². The molecule has 150 valence electrons. The minimum Gasteiger partial charge on any atom is -0.334 e. The van der Waals surface area contributed by atoms with Crippen molar-refractivity contribution in [2.45, 2.75) is 12.1 Å². The summed E-state index contributed by atoms with van der Waals surface area (Å²) in [4.78, 5) is 25.5. The van der Waals surface area contributed by atoms with Gasteiger partial charge in [-0.15, -0.1) is 10.1 Å². The Morgan fingerprint density at radius 1 is 1.00 bits per heavy atom. The van der Waals surface area contributed by atoms with Crippen LogP contribution in [0, 0.1) is 5.82 Å². The molecule has 1 aliphatic heterocycles. The first kappa shape index (κ1) is 19.8. The largest absolute Gasteiger partial charge is 0.334 e. The second kappa shape index (κ2) is 8.47. The lowest BCUT2D eigenvalue weighted by molar-refractivity contribution is -0.596. The Labute approximate surface area is 177 Å². The summed E-state index contributed by atoms with van der Waals surface area (Å²) < 4.78 is 14.9. The van der Waals surface area contributed by atoms with Gasteiger partial charge in [0.15, 0.2) is 6.04 Å². The van der Waals surface area contributed by atoms with Crippen LogP contribution in [-0.4, -0.2) is 28.8 Å². The third-order valence-electron chi connectivity index (χ3n) is 4.83. The maximum absolute atomic E-state index is 13.2. The van der Waals surface area contributed by atoms with Crippen LogP contribution in [0.25, 0.3) is 0 Å². The van der Waals surface area contributed by atoms with Gasteiger partial charge in [0, 0.05) is 21.7 Å². The van der Waals surface area contributed by atoms with Crippen molar-refractivity contribution in [1.82, 2.24) is 10.7 Å². The monoisotopic (exact) mass is 422 g/mol. The van der Waals surface area contributed by atoms with Crippen LogP contribution >= 0.6 is 11.6 Å². The lowest BCUT2D eigenvalue weighted by Crippen LogP contribution is -2.42. The van der Waals surface area contributed by atoms with E-state index in [-0.39, 0.29) is 11.5 Å². The number of carbonyl (C=O) groups is 2. The van der Waals surface area contributed by atoms with Gasteiger partial charge in [-0.3, -0.25) is 9.59 Å². The average molecular weight is 423 g/mol. The van der Waals surface area contributed by atoms with Crippen LogP contribution in [0.1, 0.15) is 27.5 Å². The maximum Gasteiger partial charge on any atom is 0.304 e. The summed E-state index contributed by atoms with van der Waals surface area (Å²) >= 11 is 6.02. The molecule has 0 saturated carbocycles. The lowest BCUT2D eigenvalue weighted by atomic mass is 10.00. The van der Waals surface area contributed by atoms with E-state index in [1.807, 2.05) is 42.5 Å². The summed E-state index contributed by atoms with van der Waals surface area (Å²) in [5.74, 6) is -1.25. The second-order valence-corrected chi connectivity index (χ2v) is 7.31. The Hall–Kier alpha value is -3.51. The molecule has 3 aromatic carbocycles. The van der Waals surface area contributed by atoms with Gasteiger partial charge in [-0.05, 0) is 48.5 Å². The Balaban J connectivity index is 1.69. The molecule has 1 aliphatic rings. The highest BCUT2D eigenvalue weighted by atomic mass is 35.5. The fraction of sp³-hybridized carbons (Fsp3) is 0.0870. The van der Waals surface area contributed by atoms with Crippen molar-refractivity contribution in [3.63, 3.8) is 0 Å². The van der Waals surface area contributed by atoms with Crippen molar-refractivity contribution in [2.24, 2.45) is 0 Å². The minimum absolute atomic E-state index is 0.268. The molecular weight excluding hydrogens is 405 g/mol. The van der Waals surface area contributed by atoms with E-state index < -0.39 is 23.8 Å². The molecule has 7 heteroatoms. The molecule has 2 N–H and O–H groups in total. The number of hydrogen-bond acceptors (Lipinski definition) is 2. The molecule has 30 heavy (non-hydrogen) atoms. The van der Waals surface area contributed by atoms with Gasteiger partial charge in [-0.2, -0.15) is 0 Å². The van der Waals surface area contributed by atoms with Crippen molar-refractivity contribution < 1.29 is 18.7 Å². The van der Waals surface area contributed by atoms with Crippen LogP contribution < -0.4 is 10.7 Å². The minimum atomic E-state index is -0.858. The SMILES string of the molecule is O=C(N[C@H]1C(=O)N/[N+](=C\c2ccccc2)[C@@H]1c1ccc(Cl)cc1)c1ccc(F)cc1. The summed E-state index contributed by atoms with van der Waals surface area (Å²) in [6.07, 6.45) is 1.81. The van der Waals surface area contributed by atoms with Gasteiger partial charge in [-0.25, -0.2) is 4.39 Å². The molecular formula is C23H18ClFN3O2+. The molecule has 2 amide bonds. The van der Waals surface area contributed by atoms with Crippen molar-refractivity contribution in [3.05, 3.63) is 106 Å². The first-order chi connectivity index (χ1) is 14.5. The van der Waals surface area contributed by atoms with E-state index in [0.717, 1.165) is 11.1 Å². The van der Waals surface area contributed by atoms with Gasteiger partial charge < -0.3 is 5.32 Å². The van der Waals surface area contributed by atoms with Crippen molar-refractivity contribution in [3.8, 4) is 0 Å². The molecule has 1 saturated heterocycles. The Morgan fingerprint density at radius 3 is 2.33 bits per heavy atom. The molecule has 0 spiro atoms. The molecule has 0 bridgehead atoms. The fourth-order valence-corrected chi connectivity index (χ4v) is 3.49. The van der Waals surface area contributed by atoms with E-state index in [1.165, 1.54) is 24.3 Å². The molecule has 1 fully saturated rings. The Kier molecular flexibility index (Phi) is 5.59. The Morgan fingerprint density at radius 2 is 1.67 bits per heavy atom. The molecule has 0 aliphatic carbocycles. The number of rotatable bonds is 4. The summed E-state index contributed by atoms with van der Waals surface area (Å²) in [5.41, 5.74) is 4.77. The number of amides is 2. The molecule has 0 aromatic heterocycles. The first-order valence-corrected chi connectivity index (χ1v) is 9.70. The fourth-order valence-electron chi connectivity index (χ4n) is 3.37. The van der Waals surface area contributed by atoms with E-state index in [1.54, 1.807) is 23.0 Å². The number of carbonyl (C=O) groups excluding carboxylic acids is 2. The Bertz CT molecular complexity index is 1100. The molecule has 0 radical (unpaired) electrons. The quantitative estimate of drug-likeness (QED) is 0.632. The highest BCUT2D eigenvalue weighted by Crippen LogP contribution is 2.26. The first-order valence-electron chi connectivity index (χ1n) is 9.32. The molecule has 1 heterocycles. The number of nitrogens with one attached hydrogen (secondary N) is 2.